The molecular formula is C16H17ClN2O2. The quantitative estimate of drug-likeness (QED) is 0.848. The van der Waals surface area contributed by atoms with Crippen molar-refractivity contribution in [3.63, 3.8) is 0 Å². The van der Waals surface area contributed by atoms with Crippen LogP contribution in [-0.4, -0.2) is 11.1 Å². The molecule has 4 nitrogen and oxygen atoms in total. The number of hydrogen-bond donors (Lipinski definition) is 1. The molecule has 3 rings (SSSR count). The Morgan fingerprint density at radius 3 is 2.95 bits per heavy atom. The van der Waals surface area contributed by atoms with Gasteiger partial charge in [0.25, 0.3) is 5.91 Å². The lowest BCUT2D eigenvalue weighted by atomic mass is 10.1. The van der Waals surface area contributed by atoms with Gasteiger partial charge in [-0.25, -0.2) is 0 Å². The fraction of sp³-hybridized carbons (Fsp3) is 0.375. The van der Waals surface area contributed by atoms with E-state index < -0.39 is 0 Å². The summed E-state index contributed by atoms with van der Waals surface area (Å²) in [6.07, 6.45) is 5.06. The second-order valence-corrected chi connectivity index (χ2v) is 5.77. The Hall–Kier alpha value is -1.81. The van der Waals surface area contributed by atoms with Crippen LogP contribution in [0.2, 0.25) is 5.02 Å². The van der Waals surface area contributed by atoms with E-state index in [1.807, 2.05) is 19.1 Å². The molecule has 1 aliphatic rings. The number of nitrogens with zero attached hydrogens (tertiary/aromatic N) is 1. The lowest BCUT2D eigenvalue weighted by Gasteiger charge is -2.08. The number of halogens is 1. The second-order valence-electron chi connectivity index (χ2n) is 5.36. The highest BCUT2D eigenvalue weighted by Crippen LogP contribution is 2.26. The van der Waals surface area contributed by atoms with Gasteiger partial charge in [-0.2, -0.15) is 0 Å². The molecule has 0 atom stereocenters. The number of anilines is 1. The maximum absolute atomic E-state index is 12.4. The molecule has 0 bridgehead atoms. The van der Waals surface area contributed by atoms with Crippen LogP contribution in [0.5, 0.6) is 0 Å². The van der Waals surface area contributed by atoms with Crippen LogP contribution in [0, 0.1) is 6.92 Å². The lowest BCUT2D eigenvalue weighted by molar-refractivity contribution is 0.101. The standard InChI is InChI=1S/C16H17ClN2O2/c1-10-12(17)7-5-8-13(10)18-16(20)15-11-6-3-2-4-9-14(11)21-19-15/h5,7-8H,2-4,6,9H2,1H3,(H,18,20). The number of aryl methyl sites for hydroxylation is 1. The third-order valence-electron chi connectivity index (χ3n) is 3.93. The van der Waals surface area contributed by atoms with Crippen molar-refractivity contribution in [1.29, 1.82) is 0 Å². The van der Waals surface area contributed by atoms with Crippen LogP contribution in [0.25, 0.3) is 0 Å². The minimum absolute atomic E-state index is 0.229. The Labute approximate surface area is 128 Å². The van der Waals surface area contributed by atoms with Crippen molar-refractivity contribution >= 4 is 23.2 Å². The second kappa shape index (κ2) is 5.90. The van der Waals surface area contributed by atoms with E-state index >= 15 is 0 Å². The zero-order valence-electron chi connectivity index (χ0n) is 11.9. The molecular weight excluding hydrogens is 288 g/mol. The summed E-state index contributed by atoms with van der Waals surface area (Å²) in [5, 5.41) is 7.48. The van der Waals surface area contributed by atoms with Crippen molar-refractivity contribution in [1.82, 2.24) is 5.16 Å². The predicted octanol–water partition coefficient (Wildman–Crippen LogP) is 4.16. The van der Waals surface area contributed by atoms with E-state index in [0.29, 0.717) is 16.4 Å². The van der Waals surface area contributed by atoms with Crippen LogP contribution in [0.15, 0.2) is 22.7 Å². The highest BCUT2D eigenvalue weighted by atomic mass is 35.5. The third kappa shape index (κ3) is 2.81. The lowest BCUT2D eigenvalue weighted by Crippen LogP contribution is -2.15. The van der Waals surface area contributed by atoms with Crippen LogP contribution in [-0.2, 0) is 12.8 Å². The molecule has 0 aliphatic heterocycles. The summed E-state index contributed by atoms with van der Waals surface area (Å²) in [6, 6.07) is 5.45. The van der Waals surface area contributed by atoms with Gasteiger partial charge in [0, 0.05) is 22.7 Å². The average molecular weight is 305 g/mol. The first-order valence-electron chi connectivity index (χ1n) is 7.20. The van der Waals surface area contributed by atoms with Gasteiger partial charge in [-0.05, 0) is 43.9 Å². The van der Waals surface area contributed by atoms with Gasteiger partial charge >= 0.3 is 0 Å². The normalized spacial score (nSPS) is 14.4. The first-order chi connectivity index (χ1) is 10.2. The number of nitrogens with one attached hydrogen (secondary N) is 1. The van der Waals surface area contributed by atoms with Crippen LogP contribution >= 0.6 is 11.6 Å². The van der Waals surface area contributed by atoms with Crippen molar-refractivity contribution < 1.29 is 9.32 Å². The van der Waals surface area contributed by atoms with Crippen LogP contribution in [0.3, 0.4) is 0 Å². The predicted molar refractivity (Wildman–Crippen MR) is 81.9 cm³/mol. The smallest absolute Gasteiger partial charge is 0.278 e. The number of fused-ring (bicyclic) bond motifs is 1. The molecule has 1 aromatic heterocycles. The third-order valence-corrected chi connectivity index (χ3v) is 4.34. The summed E-state index contributed by atoms with van der Waals surface area (Å²) in [5.41, 5.74) is 2.93. The number of amides is 1. The molecule has 1 amide bonds. The van der Waals surface area contributed by atoms with Gasteiger partial charge in [0.15, 0.2) is 5.69 Å². The number of carbonyl (C=O) groups excluding carboxylic acids is 1. The van der Waals surface area contributed by atoms with E-state index in [0.717, 1.165) is 42.6 Å². The summed E-state index contributed by atoms with van der Waals surface area (Å²) in [5.74, 6) is 0.632. The van der Waals surface area contributed by atoms with Gasteiger partial charge in [0.1, 0.15) is 5.76 Å². The van der Waals surface area contributed by atoms with E-state index in [4.69, 9.17) is 16.1 Å². The fourth-order valence-electron chi connectivity index (χ4n) is 2.66. The zero-order valence-corrected chi connectivity index (χ0v) is 12.7. The van der Waals surface area contributed by atoms with Crippen LogP contribution < -0.4 is 5.32 Å². The zero-order chi connectivity index (χ0) is 14.8. The molecule has 5 heteroatoms. The molecule has 0 saturated carbocycles. The van der Waals surface area contributed by atoms with Gasteiger partial charge in [0.05, 0.1) is 0 Å². The van der Waals surface area contributed by atoms with Gasteiger partial charge < -0.3 is 9.84 Å². The largest absolute Gasteiger partial charge is 0.360 e. The highest BCUT2D eigenvalue weighted by Gasteiger charge is 2.23. The molecule has 21 heavy (non-hydrogen) atoms. The van der Waals surface area contributed by atoms with Gasteiger partial charge in [-0.1, -0.05) is 29.2 Å². The molecule has 0 radical (unpaired) electrons. The highest BCUT2D eigenvalue weighted by molar-refractivity contribution is 6.31. The van der Waals surface area contributed by atoms with Crippen LogP contribution in [0.1, 0.15) is 46.6 Å². The number of aromatic nitrogens is 1. The number of hydrogen-bond acceptors (Lipinski definition) is 3. The van der Waals surface area contributed by atoms with Crippen LogP contribution in [0.4, 0.5) is 5.69 Å². The molecule has 0 saturated heterocycles. The Bertz CT molecular complexity index is 679. The molecule has 0 spiro atoms. The van der Waals surface area contributed by atoms with Gasteiger partial charge in [-0.3, -0.25) is 4.79 Å². The average Bonchev–Trinajstić information content (AvgIpc) is 2.73. The van der Waals surface area contributed by atoms with Gasteiger partial charge in [0.2, 0.25) is 0 Å². The number of carbonyl (C=O) groups is 1. The molecule has 1 heterocycles. The van der Waals surface area contributed by atoms with E-state index in [2.05, 4.69) is 10.5 Å². The van der Waals surface area contributed by atoms with Gasteiger partial charge in [-0.15, -0.1) is 0 Å². The summed E-state index contributed by atoms with van der Waals surface area (Å²) in [6.45, 7) is 1.88. The molecule has 110 valence electrons. The summed E-state index contributed by atoms with van der Waals surface area (Å²) >= 11 is 6.07. The summed E-state index contributed by atoms with van der Waals surface area (Å²) in [4.78, 5) is 12.4. The number of benzene rings is 1. The first-order valence-corrected chi connectivity index (χ1v) is 7.58. The van der Waals surface area contributed by atoms with E-state index in [-0.39, 0.29) is 5.91 Å². The summed E-state index contributed by atoms with van der Waals surface area (Å²) < 4.78 is 5.34. The topological polar surface area (TPSA) is 55.1 Å². The Morgan fingerprint density at radius 1 is 1.29 bits per heavy atom. The minimum Gasteiger partial charge on any atom is -0.360 e. The maximum atomic E-state index is 12.4. The molecule has 0 unspecified atom stereocenters. The molecule has 1 aliphatic carbocycles. The van der Waals surface area contributed by atoms with E-state index in [1.165, 1.54) is 6.42 Å². The summed E-state index contributed by atoms with van der Waals surface area (Å²) in [7, 11) is 0. The van der Waals surface area contributed by atoms with Crippen molar-refractivity contribution in [2.75, 3.05) is 5.32 Å². The number of rotatable bonds is 2. The first kappa shape index (κ1) is 14.1. The SMILES string of the molecule is Cc1c(Cl)cccc1NC(=O)c1noc2c1CCCCC2. The Balaban J connectivity index is 1.86. The maximum Gasteiger partial charge on any atom is 0.278 e. The minimum atomic E-state index is -0.229. The van der Waals surface area contributed by atoms with Crippen molar-refractivity contribution in [2.24, 2.45) is 0 Å². The molecule has 1 N–H and O–H groups in total. The molecule has 0 fully saturated rings. The Kier molecular flexibility index (Phi) is 3.97. The van der Waals surface area contributed by atoms with Crippen molar-refractivity contribution in [3.8, 4) is 0 Å². The van der Waals surface area contributed by atoms with E-state index in [9.17, 15) is 4.79 Å². The van der Waals surface area contributed by atoms with Crippen molar-refractivity contribution in [3.05, 3.63) is 45.8 Å². The fourth-order valence-corrected chi connectivity index (χ4v) is 2.84. The van der Waals surface area contributed by atoms with E-state index in [1.54, 1.807) is 6.07 Å². The monoisotopic (exact) mass is 304 g/mol. The molecule has 1 aromatic carbocycles. The Morgan fingerprint density at radius 2 is 2.10 bits per heavy atom. The molecule has 2 aromatic rings. The van der Waals surface area contributed by atoms with Crippen molar-refractivity contribution in [2.45, 2.75) is 39.0 Å².